The Balaban J connectivity index is 0.00000254. The molecule has 0 heterocycles. The highest BCUT2D eigenvalue weighted by molar-refractivity contribution is 6.01. The molecule has 0 saturated carbocycles. The quantitative estimate of drug-likeness (QED) is 0.228. The van der Waals surface area contributed by atoms with E-state index in [0.717, 1.165) is 50.5 Å². The van der Waals surface area contributed by atoms with Crippen molar-refractivity contribution in [2.75, 3.05) is 0 Å². The zero-order chi connectivity index (χ0) is 30.8. The van der Waals surface area contributed by atoms with Gasteiger partial charge in [0.15, 0.2) is 5.78 Å². The van der Waals surface area contributed by atoms with E-state index in [-0.39, 0.29) is 46.9 Å². The van der Waals surface area contributed by atoms with E-state index in [1.807, 2.05) is 0 Å². The second-order valence-electron chi connectivity index (χ2n) is 14.1. The van der Waals surface area contributed by atoms with Crippen LogP contribution in [-0.2, 0) is 22.4 Å². The molecule has 0 fully saturated rings. The van der Waals surface area contributed by atoms with Crippen molar-refractivity contribution in [3.05, 3.63) is 33.9 Å². The number of rotatable bonds is 13. The van der Waals surface area contributed by atoms with Gasteiger partial charge in [-0.3, -0.25) is 14.4 Å². The molecule has 4 atom stereocenters. The third-order valence-electron chi connectivity index (χ3n) is 9.17. The Morgan fingerprint density at radius 1 is 1.00 bits per heavy atom. The number of carbonyl (C=O) groups excluding carboxylic acids is 3. The van der Waals surface area contributed by atoms with Crippen LogP contribution in [0.3, 0.4) is 0 Å². The largest absolute Gasteiger partial charge is 0.300 e. The molecule has 0 bridgehead atoms. The standard InChI is InChI=1S/C34H54O3.C3H8/c1-11-13-27(28(12-2)31(36)16-23(6)35)17-25-18-30-29(21(3)4)20-26(15-14-22(5)34(8,9)10)24(7)33(30)32(37)19-25;1-3-2/h20-22,25,27-28H,11-19H2,1-10H3;3H2,1-2H3. The van der Waals surface area contributed by atoms with E-state index in [0.29, 0.717) is 18.3 Å². The molecule has 1 aliphatic carbocycles. The zero-order valence-electron chi connectivity index (χ0n) is 28.3. The lowest BCUT2D eigenvalue weighted by molar-refractivity contribution is -0.129. The van der Waals surface area contributed by atoms with Gasteiger partial charge in [-0.15, -0.1) is 0 Å². The molecular formula is C37H62O3. The van der Waals surface area contributed by atoms with E-state index in [1.165, 1.54) is 35.6 Å². The number of fused-ring (bicyclic) bond motifs is 1. The third-order valence-corrected chi connectivity index (χ3v) is 9.17. The summed E-state index contributed by atoms with van der Waals surface area (Å²) >= 11 is 0. The third kappa shape index (κ3) is 10.3. The van der Waals surface area contributed by atoms with Crippen molar-refractivity contribution < 1.29 is 14.4 Å². The van der Waals surface area contributed by atoms with E-state index in [1.54, 1.807) is 0 Å². The Labute approximate surface area is 247 Å². The minimum atomic E-state index is -0.0844. The SMILES string of the molecule is CCC.CCCC(CC1CC(=O)c2c(C)c(CCC(C)C(C)(C)C)cc(C(C)C)c2C1)C(CC)C(=O)CC(C)=O. The van der Waals surface area contributed by atoms with Crippen LogP contribution in [0.15, 0.2) is 6.07 Å². The van der Waals surface area contributed by atoms with Gasteiger partial charge in [0.25, 0.3) is 0 Å². The Hall–Kier alpha value is -1.77. The van der Waals surface area contributed by atoms with E-state index >= 15 is 0 Å². The molecular weight excluding hydrogens is 492 g/mol. The molecule has 0 N–H and O–H groups in total. The molecule has 0 aliphatic heterocycles. The molecule has 1 aromatic rings. The van der Waals surface area contributed by atoms with Gasteiger partial charge in [0.1, 0.15) is 11.6 Å². The Morgan fingerprint density at radius 2 is 1.60 bits per heavy atom. The monoisotopic (exact) mass is 554 g/mol. The molecule has 0 saturated heterocycles. The van der Waals surface area contributed by atoms with Crippen LogP contribution in [0.4, 0.5) is 0 Å². The minimum Gasteiger partial charge on any atom is -0.300 e. The predicted molar refractivity (Wildman–Crippen MR) is 171 cm³/mol. The van der Waals surface area contributed by atoms with E-state index in [9.17, 15) is 14.4 Å². The topological polar surface area (TPSA) is 51.2 Å². The highest BCUT2D eigenvalue weighted by Gasteiger charge is 2.34. The van der Waals surface area contributed by atoms with Crippen molar-refractivity contribution >= 4 is 17.3 Å². The molecule has 0 radical (unpaired) electrons. The fourth-order valence-electron chi connectivity index (χ4n) is 6.47. The number of hydrogen-bond donors (Lipinski definition) is 0. The van der Waals surface area contributed by atoms with Crippen molar-refractivity contribution in [1.29, 1.82) is 0 Å². The van der Waals surface area contributed by atoms with Crippen molar-refractivity contribution in [3.8, 4) is 0 Å². The molecule has 4 unspecified atom stereocenters. The van der Waals surface area contributed by atoms with Crippen molar-refractivity contribution in [2.45, 2.75) is 153 Å². The zero-order valence-corrected chi connectivity index (χ0v) is 28.3. The first-order valence-corrected chi connectivity index (χ1v) is 16.3. The van der Waals surface area contributed by atoms with Crippen LogP contribution in [0, 0.1) is 36.0 Å². The summed E-state index contributed by atoms with van der Waals surface area (Å²) in [6.07, 6.45) is 8.57. The highest BCUT2D eigenvalue weighted by Crippen LogP contribution is 2.40. The number of benzene rings is 1. The van der Waals surface area contributed by atoms with Crippen LogP contribution in [0.25, 0.3) is 0 Å². The fraction of sp³-hybridized carbons (Fsp3) is 0.757. The molecule has 3 heteroatoms. The van der Waals surface area contributed by atoms with Crippen molar-refractivity contribution in [2.24, 2.45) is 29.1 Å². The molecule has 40 heavy (non-hydrogen) atoms. The van der Waals surface area contributed by atoms with Gasteiger partial charge in [-0.1, -0.05) is 94.6 Å². The molecule has 1 aliphatic rings. The summed E-state index contributed by atoms with van der Waals surface area (Å²) in [6, 6.07) is 2.40. The van der Waals surface area contributed by atoms with Crippen molar-refractivity contribution in [3.63, 3.8) is 0 Å². The molecule has 3 nitrogen and oxygen atoms in total. The second kappa shape index (κ2) is 16.6. The number of aryl methyl sites for hydroxylation is 1. The van der Waals surface area contributed by atoms with Crippen LogP contribution in [-0.4, -0.2) is 17.3 Å². The maximum Gasteiger partial charge on any atom is 0.163 e. The van der Waals surface area contributed by atoms with Crippen LogP contribution < -0.4 is 0 Å². The molecule has 2 rings (SSSR count). The summed E-state index contributed by atoms with van der Waals surface area (Å²) in [4.78, 5) is 38.3. The number of hydrogen-bond acceptors (Lipinski definition) is 3. The number of ketones is 3. The van der Waals surface area contributed by atoms with Gasteiger partial charge >= 0.3 is 0 Å². The van der Waals surface area contributed by atoms with Gasteiger partial charge in [0.05, 0.1) is 6.42 Å². The first-order chi connectivity index (χ1) is 18.6. The van der Waals surface area contributed by atoms with E-state index < -0.39 is 0 Å². The number of carbonyl (C=O) groups is 3. The van der Waals surface area contributed by atoms with E-state index in [4.69, 9.17) is 0 Å². The Kier molecular flexibility index (Phi) is 15.1. The summed E-state index contributed by atoms with van der Waals surface area (Å²) in [7, 11) is 0. The number of Topliss-reactive ketones (excluding diaryl/α,β-unsaturated/α-hetero) is 3. The van der Waals surface area contributed by atoms with Gasteiger partial charge in [-0.2, -0.15) is 0 Å². The average molecular weight is 555 g/mol. The first kappa shape index (κ1) is 36.3. The predicted octanol–water partition coefficient (Wildman–Crippen LogP) is 10.3. The summed E-state index contributed by atoms with van der Waals surface area (Å²) in [6.45, 7) is 25.9. The van der Waals surface area contributed by atoms with Crippen molar-refractivity contribution in [1.82, 2.24) is 0 Å². The van der Waals surface area contributed by atoms with Gasteiger partial charge in [0, 0.05) is 17.9 Å². The first-order valence-electron chi connectivity index (χ1n) is 16.3. The summed E-state index contributed by atoms with van der Waals surface area (Å²) < 4.78 is 0. The lowest BCUT2D eigenvalue weighted by Crippen LogP contribution is -2.30. The molecule has 0 amide bonds. The fourth-order valence-corrected chi connectivity index (χ4v) is 6.47. The maximum atomic E-state index is 13.7. The highest BCUT2D eigenvalue weighted by atomic mass is 16.1. The lowest BCUT2D eigenvalue weighted by Gasteiger charge is -2.34. The van der Waals surface area contributed by atoms with Gasteiger partial charge in [0.2, 0.25) is 0 Å². The summed E-state index contributed by atoms with van der Waals surface area (Å²) in [5.41, 5.74) is 6.41. The molecule has 0 spiro atoms. The van der Waals surface area contributed by atoms with Crippen LogP contribution in [0.5, 0.6) is 0 Å². The van der Waals surface area contributed by atoms with E-state index in [2.05, 4.69) is 82.2 Å². The van der Waals surface area contributed by atoms with Gasteiger partial charge in [-0.05, 0) is 97.3 Å². The molecule has 0 aromatic heterocycles. The average Bonchev–Trinajstić information content (AvgIpc) is 2.83. The van der Waals surface area contributed by atoms with Gasteiger partial charge < -0.3 is 0 Å². The summed E-state index contributed by atoms with van der Waals surface area (Å²) in [5, 5.41) is 0. The minimum absolute atomic E-state index is 0.0401. The van der Waals surface area contributed by atoms with Crippen LogP contribution in [0.2, 0.25) is 0 Å². The smallest absolute Gasteiger partial charge is 0.163 e. The van der Waals surface area contributed by atoms with Crippen LogP contribution in [0.1, 0.15) is 166 Å². The van der Waals surface area contributed by atoms with Crippen LogP contribution >= 0.6 is 0 Å². The molecule has 228 valence electrons. The normalized spacial score (nSPS) is 17.5. The molecule has 1 aromatic carbocycles. The Bertz CT molecular complexity index is 978. The Morgan fingerprint density at radius 3 is 2.08 bits per heavy atom. The maximum absolute atomic E-state index is 13.7. The second-order valence-corrected chi connectivity index (χ2v) is 14.1. The lowest BCUT2D eigenvalue weighted by atomic mass is 9.70. The summed E-state index contributed by atoms with van der Waals surface area (Å²) in [5.74, 6) is 1.72. The van der Waals surface area contributed by atoms with Gasteiger partial charge in [-0.25, -0.2) is 0 Å².